The van der Waals surface area contributed by atoms with Gasteiger partial charge in [-0.1, -0.05) is 49.6 Å². The Balaban J connectivity index is 1.20. The molecule has 0 bridgehead atoms. The SMILES string of the molecule is O=C(Nc1nc(-c2ccccc2)cs1)NC1CCN(C(=O)NC2CCCCC2)CC1. The molecule has 2 fully saturated rings. The first-order chi connectivity index (χ1) is 14.7. The van der Waals surface area contributed by atoms with Crippen molar-refractivity contribution >= 4 is 28.5 Å². The van der Waals surface area contributed by atoms with Gasteiger partial charge in [0, 0.05) is 36.1 Å². The number of benzene rings is 1. The number of thiazole rings is 1. The number of hydrogen-bond donors (Lipinski definition) is 3. The van der Waals surface area contributed by atoms with Gasteiger partial charge in [0.25, 0.3) is 0 Å². The topological polar surface area (TPSA) is 86.4 Å². The highest BCUT2D eigenvalue weighted by Gasteiger charge is 2.26. The van der Waals surface area contributed by atoms with Gasteiger partial charge in [-0.2, -0.15) is 0 Å². The number of nitrogens with one attached hydrogen (secondary N) is 3. The Kier molecular flexibility index (Phi) is 6.84. The Morgan fingerprint density at radius 3 is 2.37 bits per heavy atom. The van der Waals surface area contributed by atoms with E-state index in [-0.39, 0.29) is 18.1 Å². The number of urea groups is 2. The van der Waals surface area contributed by atoms with E-state index in [9.17, 15) is 9.59 Å². The van der Waals surface area contributed by atoms with Crippen LogP contribution >= 0.6 is 11.3 Å². The van der Waals surface area contributed by atoms with Crippen LogP contribution in [0.4, 0.5) is 14.7 Å². The molecule has 2 aromatic rings. The smallest absolute Gasteiger partial charge is 0.321 e. The molecule has 160 valence electrons. The highest BCUT2D eigenvalue weighted by Crippen LogP contribution is 2.24. The van der Waals surface area contributed by atoms with Crippen LogP contribution in [0, 0.1) is 0 Å². The molecule has 30 heavy (non-hydrogen) atoms. The summed E-state index contributed by atoms with van der Waals surface area (Å²) in [5, 5.41) is 11.5. The maximum absolute atomic E-state index is 12.5. The minimum absolute atomic E-state index is 0.0426. The molecule has 0 radical (unpaired) electrons. The van der Waals surface area contributed by atoms with Crippen LogP contribution in [0.1, 0.15) is 44.9 Å². The first-order valence-corrected chi connectivity index (χ1v) is 11.7. The quantitative estimate of drug-likeness (QED) is 0.674. The second-order valence-corrected chi connectivity index (χ2v) is 8.91. The molecule has 1 aliphatic carbocycles. The van der Waals surface area contributed by atoms with Gasteiger partial charge in [-0.25, -0.2) is 14.6 Å². The van der Waals surface area contributed by atoms with Crippen LogP contribution in [0.3, 0.4) is 0 Å². The zero-order chi connectivity index (χ0) is 20.8. The summed E-state index contributed by atoms with van der Waals surface area (Å²) in [6, 6.07) is 10.1. The van der Waals surface area contributed by atoms with Crippen molar-refractivity contribution in [3.63, 3.8) is 0 Å². The van der Waals surface area contributed by atoms with Gasteiger partial charge in [-0.15, -0.1) is 11.3 Å². The summed E-state index contributed by atoms with van der Waals surface area (Å²) in [4.78, 5) is 31.2. The average Bonchev–Trinajstić information content (AvgIpc) is 3.24. The summed E-state index contributed by atoms with van der Waals surface area (Å²) in [7, 11) is 0. The third-order valence-corrected chi connectivity index (χ3v) is 6.60. The van der Waals surface area contributed by atoms with Crippen LogP contribution in [0.15, 0.2) is 35.7 Å². The number of likely N-dealkylation sites (tertiary alicyclic amines) is 1. The number of nitrogens with zero attached hydrogens (tertiary/aromatic N) is 2. The number of anilines is 1. The van der Waals surface area contributed by atoms with Gasteiger partial charge in [0.15, 0.2) is 5.13 Å². The molecule has 3 N–H and O–H groups in total. The van der Waals surface area contributed by atoms with E-state index >= 15 is 0 Å². The van der Waals surface area contributed by atoms with Crippen molar-refractivity contribution in [1.29, 1.82) is 0 Å². The van der Waals surface area contributed by atoms with Crippen LogP contribution in [0.5, 0.6) is 0 Å². The minimum Gasteiger partial charge on any atom is -0.335 e. The number of hydrogen-bond acceptors (Lipinski definition) is 4. The zero-order valence-corrected chi connectivity index (χ0v) is 17.9. The number of amides is 4. The third-order valence-electron chi connectivity index (χ3n) is 5.84. The molecule has 8 heteroatoms. The number of carbonyl (C=O) groups is 2. The fourth-order valence-corrected chi connectivity index (χ4v) is 4.85. The van der Waals surface area contributed by atoms with Crippen LogP contribution < -0.4 is 16.0 Å². The maximum atomic E-state index is 12.5. The normalized spacial score (nSPS) is 18.1. The number of rotatable bonds is 4. The lowest BCUT2D eigenvalue weighted by atomic mass is 9.95. The van der Waals surface area contributed by atoms with Crippen molar-refractivity contribution in [3.8, 4) is 11.3 Å². The van der Waals surface area contributed by atoms with Crippen molar-refractivity contribution < 1.29 is 9.59 Å². The molecule has 0 atom stereocenters. The molecule has 0 spiro atoms. The van der Waals surface area contributed by atoms with Crippen molar-refractivity contribution in [2.45, 2.75) is 57.0 Å². The fourth-order valence-electron chi connectivity index (χ4n) is 4.13. The molecular weight excluding hydrogens is 398 g/mol. The van der Waals surface area contributed by atoms with Crippen LogP contribution in [0.2, 0.25) is 0 Å². The third kappa shape index (κ3) is 5.50. The molecule has 0 unspecified atom stereocenters. The summed E-state index contributed by atoms with van der Waals surface area (Å²) in [6.45, 7) is 1.33. The lowest BCUT2D eigenvalue weighted by Gasteiger charge is -2.34. The van der Waals surface area contributed by atoms with E-state index in [1.54, 1.807) is 0 Å². The van der Waals surface area contributed by atoms with Crippen molar-refractivity contribution in [2.75, 3.05) is 18.4 Å². The van der Waals surface area contributed by atoms with E-state index in [2.05, 4.69) is 20.9 Å². The Hall–Kier alpha value is -2.61. The van der Waals surface area contributed by atoms with E-state index in [1.165, 1.54) is 30.6 Å². The molecule has 4 rings (SSSR count). The maximum Gasteiger partial charge on any atom is 0.321 e. The highest BCUT2D eigenvalue weighted by molar-refractivity contribution is 7.14. The molecule has 2 aliphatic rings. The molecule has 1 saturated carbocycles. The molecule has 7 nitrogen and oxygen atoms in total. The van der Waals surface area contributed by atoms with Gasteiger partial charge in [-0.05, 0) is 25.7 Å². The molecule has 2 heterocycles. The lowest BCUT2D eigenvalue weighted by molar-refractivity contribution is 0.170. The van der Waals surface area contributed by atoms with E-state index in [1.807, 2.05) is 40.6 Å². The van der Waals surface area contributed by atoms with E-state index in [4.69, 9.17) is 0 Å². The minimum atomic E-state index is -0.242. The largest absolute Gasteiger partial charge is 0.335 e. The van der Waals surface area contributed by atoms with Gasteiger partial charge in [0.05, 0.1) is 5.69 Å². The molecular formula is C22H29N5O2S. The predicted molar refractivity (Wildman–Crippen MR) is 120 cm³/mol. The second-order valence-electron chi connectivity index (χ2n) is 8.05. The standard InChI is InChI=1S/C22H29N5O2S/c28-20(26-21-25-19(15-30-21)16-7-3-1-4-8-16)23-18-11-13-27(14-12-18)22(29)24-17-9-5-2-6-10-17/h1,3-4,7-8,15,17-18H,2,5-6,9-14H2,(H,24,29)(H2,23,25,26,28). The number of aromatic nitrogens is 1. The van der Waals surface area contributed by atoms with Gasteiger partial charge in [0.1, 0.15) is 0 Å². The lowest BCUT2D eigenvalue weighted by Crippen LogP contribution is -2.52. The van der Waals surface area contributed by atoms with Gasteiger partial charge >= 0.3 is 12.1 Å². The average molecular weight is 428 g/mol. The van der Waals surface area contributed by atoms with Crippen molar-refractivity contribution in [2.24, 2.45) is 0 Å². The summed E-state index contributed by atoms with van der Waals surface area (Å²) >= 11 is 1.41. The second kappa shape index (κ2) is 9.93. The van der Waals surface area contributed by atoms with Crippen LogP contribution in [-0.2, 0) is 0 Å². The molecule has 1 saturated heterocycles. The van der Waals surface area contributed by atoms with E-state index in [0.29, 0.717) is 24.3 Å². The van der Waals surface area contributed by atoms with Crippen molar-refractivity contribution in [3.05, 3.63) is 35.7 Å². The first-order valence-electron chi connectivity index (χ1n) is 10.8. The molecule has 4 amide bonds. The Morgan fingerprint density at radius 1 is 0.933 bits per heavy atom. The highest BCUT2D eigenvalue weighted by atomic mass is 32.1. The van der Waals surface area contributed by atoms with E-state index < -0.39 is 0 Å². The fraction of sp³-hybridized carbons (Fsp3) is 0.500. The summed E-state index contributed by atoms with van der Waals surface area (Å²) in [6.07, 6.45) is 7.40. The number of piperidine rings is 1. The summed E-state index contributed by atoms with van der Waals surface area (Å²) < 4.78 is 0. The van der Waals surface area contributed by atoms with Crippen LogP contribution in [0.25, 0.3) is 11.3 Å². The Bertz CT molecular complexity index is 842. The van der Waals surface area contributed by atoms with Crippen LogP contribution in [-0.4, -0.2) is 47.1 Å². The monoisotopic (exact) mass is 427 g/mol. The molecule has 1 aliphatic heterocycles. The first kappa shape index (κ1) is 20.7. The van der Waals surface area contributed by atoms with Gasteiger partial charge in [0.2, 0.25) is 0 Å². The van der Waals surface area contributed by atoms with Gasteiger partial charge < -0.3 is 15.5 Å². The molecule has 1 aromatic carbocycles. The number of carbonyl (C=O) groups excluding carboxylic acids is 2. The Labute approximate surface area is 181 Å². The zero-order valence-electron chi connectivity index (χ0n) is 17.1. The summed E-state index contributed by atoms with van der Waals surface area (Å²) in [5.74, 6) is 0. The van der Waals surface area contributed by atoms with Gasteiger partial charge in [-0.3, -0.25) is 5.32 Å². The predicted octanol–water partition coefficient (Wildman–Crippen LogP) is 4.44. The molecule has 1 aromatic heterocycles. The summed E-state index contributed by atoms with van der Waals surface area (Å²) in [5.41, 5.74) is 1.88. The van der Waals surface area contributed by atoms with Crippen molar-refractivity contribution in [1.82, 2.24) is 20.5 Å². The Morgan fingerprint density at radius 2 is 1.63 bits per heavy atom. The van der Waals surface area contributed by atoms with E-state index in [0.717, 1.165) is 36.9 Å².